The summed E-state index contributed by atoms with van der Waals surface area (Å²) < 4.78 is 28.6. The number of carboxylic acids is 1. The van der Waals surface area contributed by atoms with Crippen molar-refractivity contribution in [2.75, 3.05) is 5.73 Å². The van der Waals surface area contributed by atoms with E-state index in [1.165, 1.54) is 18.2 Å². The second-order valence-corrected chi connectivity index (χ2v) is 4.37. The molecule has 3 N–H and O–H groups in total. The Bertz CT molecular complexity index is 452. The molecule has 0 radical (unpaired) electrons. The van der Waals surface area contributed by atoms with Crippen LogP contribution in [-0.2, 0) is 4.79 Å². The average molecular weight is 273 g/mol. The number of nitrogen functional groups attached to an aromatic ring is 1. The largest absolute Gasteiger partial charge is 0.481 e. The number of anilines is 1. The summed E-state index contributed by atoms with van der Waals surface area (Å²) in [7, 11) is 0. The van der Waals surface area contributed by atoms with Crippen molar-refractivity contribution in [1.82, 2.24) is 0 Å². The number of rotatable bonds is 6. The molecule has 0 aromatic heterocycles. The predicted molar refractivity (Wildman–Crippen MR) is 67.3 cm³/mol. The number of nitrogens with two attached hydrogens (primary N) is 1. The fraction of sp³-hybridized carbons (Fsp3) is 0.462. The van der Waals surface area contributed by atoms with Gasteiger partial charge in [-0.15, -0.1) is 0 Å². The van der Waals surface area contributed by atoms with Gasteiger partial charge in [-0.25, -0.2) is 0 Å². The molecule has 0 fully saturated rings. The lowest BCUT2D eigenvalue weighted by atomic mass is 9.85. The van der Waals surface area contributed by atoms with Gasteiger partial charge in [0.25, 0.3) is 0 Å². The molecule has 19 heavy (non-hydrogen) atoms. The third-order valence-corrected chi connectivity index (χ3v) is 3.10. The highest BCUT2D eigenvalue weighted by Gasteiger charge is 2.27. The van der Waals surface area contributed by atoms with Gasteiger partial charge in [0.2, 0.25) is 0 Å². The van der Waals surface area contributed by atoms with E-state index in [9.17, 15) is 18.7 Å². The van der Waals surface area contributed by atoms with Crippen molar-refractivity contribution in [2.24, 2.45) is 5.92 Å². The minimum atomic E-state index is -2.96. The van der Waals surface area contributed by atoms with Crippen LogP contribution in [0, 0.1) is 5.92 Å². The molecule has 106 valence electrons. The van der Waals surface area contributed by atoms with Gasteiger partial charge in [-0.05, 0) is 29.7 Å². The number of alkyl halides is 2. The topological polar surface area (TPSA) is 72.5 Å². The van der Waals surface area contributed by atoms with Crippen LogP contribution in [0.5, 0.6) is 5.75 Å². The molecule has 0 aliphatic heterocycles. The van der Waals surface area contributed by atoms with Crippen LogP contribution in [0.3, 0.4) is 0 Å². The second-order valence-electron chi connectivity index (χ2n) is 4.37. The van der Waals surface area contributed by atoms with Crippen molar-refractivity contribution < 1.29 is 23.4 Å². The van der Waals surface area contributed by atoms with Crippen molar-refractivity contribution in [1.29, 1.82) is 0 Å². The number of carboxylic acid groups (broad SMARTS) is 1. The highest BCUT2D eigenvalue weighted by Crippen LogP contribution is 2.34. The Morgan fingerprint density at radius 1 is 1.47 bits per heavy atom. The summed E-state index contributed by atoms with van der Waals surface area (Å²) in [5.74, 6) is -2.13. The molecule has 1 aromatic carbocycles. The molecule has 0 saturated carbocycles. The Kier molecular flexibility index (Phi) is 5.09. The summed E-state index contributed by atoms with van der Waals surface area (Å²) >= 11 is 0. The summed E-state index contributed by atoms with van der Waals surface area (Å²) in [6.45, 7) is 0.679. The van der Waals surface area contributed by atoms with E-state index in [4.69, 9.17) is 5.73 Å². The van der Waals surface area contributed by atoms with E-state index in [2.05, 4.69) is 4.74 Å². The van der Waals surface area contributed by atoms with Gasteiger partial charge < -0.3 is 15.6 Å². The van der Waals surface area contributed by atoms with Gasteiger partial charge in [-0.1, -0.05) is 20.3 Å². The third kappa shape index (κ3) is 3.81. The molecular weight excluding hydrogens is 256 g/mol. The number of carbonyl (C=O) groups is 1. The zero-order valence-electron chi connectivity index (χ0n) is 10.8. The summed E-state index contributed by atoms with van der Waals surface area (Å²) in [6.07, 6.45) is 0.635. The first-order valence-corrected chi connectivity index (χ1v) is 5.93. The predicted octanol–water partition coefficient (Wildman–Crippen LogP) is 3.08. The number of halogens is 2. The van der Waals surface area contributed by atoms with Crippen LogP contribution in [0.1, 0.15) is 31.7 Å². The van der Waals surface area contributed by atoms with Crippen LogP contribution >= 0.6 is 0 Å². The summed E-state index contributed by atoms with van der Waals surface area (Å²) in [5.41, 5.74) is 6.31. The molecule has 0 aliphatic rings. The molecule has 0 spiro atoms. The van der Waals surface area contributed by atoms with Crippen molar-refractivity contribution >= 4 is 11.7 Å². The van der Waals surface area contributed by atoms with E-state index in [1.54, 1.807) is 6.92 Å². The van der Waals surface area contributed by atoms with Gasteiger partial charge in [0, 0.05) is 5.69 Å². The highest BCUT2D eigenvalue weighted by atomic mass is 19.3. The van der Waals surface area contributed by atoms with E-state index in [0.29, 0.717) is 12.0 Å². The molecule has 6 heteroatoms. The number of benzene rings is 1. The van der Waals surface area contributed by atoms with Crippen LogP contribution in [0.25, 0.3) is 0 Å². The minimum absolute atomic E-state index is 0.0891. The van der Waals surface area contributed by atoms with Crippen LogP contribution < -0.4 is 10.5 Å². The van der Waals surface area contributed by atoms with Crippen molar-refractivity contribution in [2.45, 2.75) is 32.8 Å². The Morgan fingerprint density at radius 2 is 2.11 bits per heavy atom. The Hall–Kier alpha value is -1.85. The lowest BCUT2D eigenvalue weighted by Crippen LogP contribution is -2.20. The number of hydrogen-bond acceptors (Lipinski definition) is 3. The summed E-state index contributed by atoms with van der Waals surface area (Å²) in [6, 6.07) is 3.94. The first-order chi connectivity index (χ1) is 8.86. The van der Waals surface area contributed by atoms with Gasteiger partial charge >= 0.3 is 12.6 Å². The van der Waals surface area contributed by atoms with E-state index in [0.717, 1.165) is 0 Å². The fourth-order valence-electron chi connectivity index (χ4n) is 1.92. The summed E-state index contributed by atoms with van der Waals surface area (Å²) in [4.78, 5) is 11.3. The molecule has 0 saturated heterocycles. The number of hydrogen-bond donors (Lipinski definition) is 2. The number of aliphatic carboxylic acids is 1. The molecule has 0 heterocycles. The maximum Gasteiger partial charge on any atom is 0.387 e. The maximum atomic E-state index is 12.2. The maximum absolute atomic E-state index is 12.2. The smallest absolute Gasteiger partial charge is 0.387 e. The SMILES string of the molecule is CCC(C)C(C(=O)O)c1cc(OC(F)F)ccc1N. The quantitative estimate of drug-likeness (QED) is 0.781. The van der Waals surface area contributed by atoms with E-state index in [-0.39, 0.29) is 17.4 Å². The molecule has 2 atom stereocenters. The van der Waals surface area contributed by atoms with Crippen molar-refractivity contribution in [3.63, 3.8) is 0 Å². The van der Waals surface area contributed by atoms with Crippen LogP contribution in [0.2, 0.25) is 0 Å². The van der Waals surface area contributed by atoms with Crippen LogP contribution in [0.4, 0.5) is 14.5 Å². The molecule has 1 rings (SSSR count). The van der Waals surface area contributed by atoms with E-state index >= 15 is 0 Å². The Balaban J connectivity index is 3.17. The summed E-state index contributed by atoms with van der Waals surface area (Å²) in [5, 5.41) is 9.28. The molecule has 2 unspecified atom stereocenters. The van der Waals surface area contributed by atoms with Gasteiger partial charge in [0.05, 0.1) is 5.92 Å². The highest BCUT2D eigenvalue weighted by molar-refractivity contribution is 5.79. The molecule has 0 bridgehead atoms. The average Bonchev–Trinajstić information content (AvgIpc) is 2.32. The molecule has 0 aliphatic carbocycles. The van der Waals surface area contributed by atoms with E-state index in [1.807, 2.05) is 6.92 Å². The van der Waals surface area contributed by atoms with Crippen LogP contribution in [0.15, 0.2) is 18.2 Å². The zero-order chi connectivity index (χ0) is 14.6. The van der Waals surface area contributed by atoms with Crippen molar-refractivity contribution in [3.8, 4) is 5.75 Å². The monoisotopic (exact) mass is 273 g/mol. The van der Waals surface area contributed by atoms with Crippen molar-refractivity contribution in [3.05, 3.63) is 23.8 Å². The second kappa shape index (κ2) is 6.36. The van der Waals surface area contributed by atoms with Gasteiger partial charge in [-0.2, -0.15) is 8.78 Å². The van der Waals surface area contributed by atoms with Gasteiger partial charge in [0.1, 0.15) is 5.75 Å². The molecular formula is C13H17F2NO3. The standard InChI is InChI=1S/C13H17F2NO3/c1-3-7(2)11(12(17)18)9-6-8(19-13(14)15)4-5-10(9)16/h4-7,11,13H,3,16H2,1-2H3,(H,17,18). The zero-order valence-corrected chi connectivity index (χ0v) is 10.8. The van der Waals surface area contributed by atoms with Gasteiger partial charge in [0.15, 0.2) is 0 Å². The third-order valence-electron chi connectivity index (χ3n) is 3.10. The number of ether oxygens (including phenoxy) is 1. The minimum Gasteiger partial charge on any atom is -0.481 e. The molecule has 1 aromatic rings. The molecule has 0 amide bonds. The van der Waals surface area contributed by atoms with Gasteiger partial charge in [-0.3, -0.25) is 4.79 Å². The normalized spacial score (nSPS) is 14.2. The van der Waals surface area contributed by atoms with E-state index < -0.39 is 18.5 Å². The lowest BCUT2D eigenvalue weighted by molar-refractivity contribution is -0.140. The van der Waals surface area contributed by atoms with Crippen LogP contribution in [-0.4, -0.2) is 17.7 Å². The first kappa shape index (κ1) is 15.2. The lowest BCUT2D eigenvalue weighted by Gasteiger charge is -2.21. The Morgan fingerprint density at radius 3 is 2.58 bits per heavy atom. The fourth-order valence-corrected chi connectivity index (χ4v) is 1.92. The first-order valence-electron chi connectivity index (χ1n) is 5.93. The Labute approximate surface area is 110 Å². The molecule has 4 nitrogen and oxygen atoms in total.